The molecule has 0 aliphatic carbocycles. The molecule has 0 aliphatic heterocycles. The van der Waals surface area contributed by atoms with Gasteiger partial charge in [-0.05, 0) is 32.1 Å². The first-order chi connectivity index (χ1) is 6.85. The molecule has 0 aromatic rings. The molecular weight excluding hydrogens is 172 g/mol. The second-order valence-electron chi connectivity index (χ2n) is 3.94. The molecule has 84 valence electrons. The summed E-state index contributed by atoms with van der Waals surface area (Å²) in [7, 11) is 0. The van der Waals surface area contributed by atoms with Gasteiger partial charge in [-0.1, -0.05) is 44.8 Å². The molecule has 1 nitrogen and oxygen atoms in total. The molecule has 0 saturated heterocycles. The Balaban J connectivity index is 3.67. The van der Waals surface area contributed by atoms with E-state index in [2.05, 4.69) is 19.9 Å². The molecule has 14 heavy (non-hydrogen) atoms. The van der Waals surface area contributed by atoms with Crippen LogP contribution in [-0.4, -0.2) is 11.7 Å². The van der Waals surface area contributed by atoms with Crippen LogP contribution in [0.4, 0.5) is 0 Å². The van der Waals surface area contributed by atoms with E-state index in [-0.39, 0.29) is 0 Å². The Morgan fingerprint density at radius 3 is 2.29 bits per heavy atom. The van der Waals surface area contributed by atoms with Gasteiger partial charge in [0.1, 0.15) is 0 Å². The van der Waals surface area contributed by atoms with E-state index in [0.29, 0.717) is 6.61 Å². The van der Waals surface area contributed by atoms with Crippen LogP contribution < -0.4 is 0 Å². The lowest BCUT2D eigenvalue weighted by atomic mass is 10.0. The van der Waals surface area contributed by atoms with Crippen LogP contribution in [0, 0.1) is 0 Å². The topological polar surface area (TPSA) is 20.2 Å². The van der Waals surface area contributed by atoms with E-state index in [4.69, 9.17) is 5.11 Å². The molecule has 0 radical (unpaired) electrons. The van der Waals surface area contributed by atoms with Crippen molar-refractivity contribution in [3.63, 3.8) is 0 Å². The second kappa shape index (κ2) is 10.8. The molecule has 1 heteroatoms. The van der Waals surface area contributed by atoms with Gasteiger partial charge in [0.2, 0.25) is 0 Å². The monoisotopic (exact) mass is 198 g/mol. The van der Waals surface area contributed by atoms with Gasteiger partial charge in [0.15, 0.2) is 0 Å². The Labute approximate surface area is 89.2 Å². The van der Waals surface area contributed by atoms with Crippen molar-refractivity contribution in [2.45, 2.75) is 65.2 Å². The Kier molecular flexibility index (Phi) is 10.5. The molecule has 0 saturated carbocycles. The SMILES string of the molecule is CCCCC/C=C(/CCO)CCCC. The van der Waals surface area contributed by atoms with E-state index in [0.717, 1.165) is 6.42 Å². The summed E-state index contributed by atoms with van der Waals surface area (Å²) in [6.07, 6.45) is 12.0. The number of allylic oxidation sites excluding steroid dienone is 1. The van der Waals surface area contributed by atoms with Crippen molar-refractivity contribution >= 4 is 0 Å². The van der Waals surface area contributed by atoms with E-state index < -0.39 is 0 Å². The molecule has 0 spiro atoms. The molecule has 0 amide bonds. The summed E-state index contributed by atoms with van der Waals surface area (Å²) in [4.78, 5) is 0. The molecule has 0 aromatic carbocycles. The average Bonchev–Trinajstić information content (AvgIpc) is 2.20. The Morgan fingerprint density at radius 1 is 1.00 bits per heavy atom. The van der Waals surface area contributed by atoms with Crippen LogP contribution in [0.3, 0.4) is 0 Å². The minimum atomic E-state index is 0.309. The van der Waals surface area contributed by atoms with Gasteiger partial charge in [-0.3, -0.25) is 0 Å². The predicted molar refractivity (Wildman–Crippen MR) is 63.5 cm³/mol. The van der Waals surface area contributed by atoms with Gasteiger partial charge >= 0.3 is 0 Å². The molecule has 0 aromatic heterocycles. The summed E-state index contributed by atoms with van der Waals surface area (Å²) in [5.74, 6) is 0. The third-order valence-electron chi connectivity index (χ3n) is 2.53. The lowest BCUT2D eigenvalue weighted by Gasteiger charge is -2.04. The summed E-state index contributed by atoms with van der Waals surface area (Å²) < 4.78 is 0. The standard InChI is InChI=1S/C13H26O/c1-3-5-7-8-10-13(11-12-14)9-6-4-2/h10,14H,3-9,11-12H2,1-2H3/b13-10+. The molecular formula is C13H26O. The smallest absolute Gasteiger partial charge is 0.0468 e. The summed E-state index contributed by atoms with van der Waals surface area (Å²) in [6.45, 7) is 4.76. The van der Waals surface area contributed by atoms with Gasteiger partial charge in [-0.2, -0.15) is 0 Å². The largest absolute Gasteiger partial charge is 0.396 e. The van der Waals surface area contributed by atoms with Gasteiger partial charge in [-0.15, -0.1) is 0 Å². The van der Waals surface area contributed by atoms with Gasteiger partial charge in [0, 0.05) is 6.61 Å². The lowest BCUT2D eigenvalue weighted by molar-refractivity contribution is 0.297. The summed E-state index contributed by atoms with van der Waals surface area (Å²) in [5, 5.41) is 8.90. The number of aliphatic hydroxyl groups is 1. The van der Waals surface area contributed by atoms with Crippen LogP contribution in [-0.2, 0) is 0 Å². The summed E-state index contributed by atoms with van der Waals surface area (Å²) in [6, 6.07) is 0. The van der Waals surface area contributed by atoms with Gasteiger partial charge in [-0.25, -0.2) is 0 Å². The number of hydrogen-bond acceptors (Lipinski definition) is 1. The first-order valence-electron chi connectivity index (χ1n) is 6.13. The highest BCUT2D eigenvalue weighted by molar-refractivity contribution is 5.01. The van der Waals surface area contributed by atoms with E-state index >= 15 is 0 Å². The minimum Gasteiger partial charge on any atom is -0.396 e. The zero-order valence-corrected chi connectivity index (χ0v) is 9.89. The van der Waals surface area contributed by atoms with Crippen molar-refractivity contribution in [3.8, 4) is 0 Å². The normalized spacial score (nSPS) is 12.1. The number of unbranched alkanes of at least 4 members (excludes halogenated alkanes) is 4. The molecule has 0 unspecified atom stereocenters. The summed E-state index contributed by atoms with van der Waals surface area (Å²) >= 11 is 0. The van der Waals surface area contributed by atoms with Crippen molar-refractivity contribution in [1.82, 2.24) is 0 Å². The Hall–Kier alpha value is -0.300. The number of aliphatic hydroxyl groups excluding tert-OH is 1. The third-order valence-corrected chi connectivity index (χ3v) is 2.53. The molecule has 0 atom stereocenters. The maximum atomic E-state index is 8.90. The summed E-state index contributed by atoms with van der Waals surface area (Å²) in [5.41, 5.74) is 1.46. The first-order valence-corrected chi connectivity index (χ1v) is 6.13. The first kappa shape index (κ1) is 13.7. The highest BCUT2D eigenvalue weighted by Crippen LogP contribution is 2.13. The maximum Gasteiger partial charge on any atom is 0.0468 e. The Bertz CT molecular complexity index is 138. The minimum absolute atomic E-state index is 0.309. The van der Waals surface area contributed by atoms with Crippen LogP contribution in [0.15, 0.2) is 11.6 Å². The fourth-order valence-electron chi connectivity index (χ4n) is 1.58. The average molecular weight is 198 g/mol. The number of hydrogen-bond donors (Lipinski definition) is 1. The Morgan fingerprint density at radius 2 is 1.71 bits per heavy atom. The highest BCUT2D eigenvalue weighted by atomic mass is 16.2. The fourth-order valence-corrected chi connectivity index (χ4v) is 1.58. The molecule has 0 fully saturated rings. The second-order valence-corrected chi connectivity index (χ2v) is 3.94. The molecule has 0 aliphatic rings. The maximum absolute atomic E-state index is 8.90. The molecule has 1 N–H and O–H groups in total. The van der Waals surface area contributed by atoms with Crippen LogP contribution in [0.2, 0.25) is 0 Å². The van der Waals surface area contributed by atoms with Crippen molar-refractivity contribution in [2.24, 2.45) is 0 Å². The zero-order chi connectivity index (χ0) is 10.6. The van der Waals surface area contributed by atoms with Crippen LogP contribution >= 0.6 is 0 Å². The van der Waals surface area contributed by atoms with Gasteiger partial charge < -0.3 is 5.11 Å². The lowest BCUT2D eigenvalue weighted by Crippen LogP contribution is -1.90. The van der Waals surface area contributed by atoms with Crippen molar-refractivity contribution in [3.05, 3.63) is 11.6 Å². The number of rotatable bonds is 9. The van der Waals surface area contributed by atoms with E-state index in [1.807, 2.05) is 0 Å². The third kappa shape index (κ3) is 8.31. The van der Waals surface area contributed by atoms with Crippen LogP contribution in [0.25, 0.3) is 0 Å². The highest BCUT2D eigenvalue weighted by Gasteiger charge is 1.95. The van der Waals surface area contributed by atoms with E-state index in [1.54, 1.807) is 0 Å². The predicted octanol–water partition coefficient (Wildman–Crippen LogP) is 4.07. The molecule has 0 rings (SSSR count). The van der Waals surface area contributed by atoms with Crippen LogP contribution in [0.5, 0.6) is 0 Å². The van der Waals surface area contributed by atoms with Crippen molar-refractivity contribution in [2.75, 3.05) is 6.61 Å². The van der Waals surface area contributed by atoms with Gasteiger partial charge in [0.05, 0.1) is 0 Å². The quantitative estimate of drug-likeness (QED) is 0.437. The van der Waals surface area contributed by atoms with E-state index in [1.165, 1.54) is 50.5 Å². The van der Waals surface area contributed by atoms with Crippen molar-refractivity contribution in [1.29, 1.82) is 0 Å². The van der Waals surface area contributed by atoms with Gasteiger partial charge in [0.25, 0.3) is 0 Å². The molecule has 0 bridgehead atoms. The molecule has 0 heterocycles. The zero-order valence-electron chi connectivity index (χ0n) is 9.89. The van der Waals surface area contributed by atoms with E-state index in [9.17, 15) is 0 Å². The fraction of sp³-hybridized carbons (Fsp3) is 0.846. The van der Waals surface area contributed by atoms with Crippen LogP contribution in [0.1, 0.15) is 65.2 Å². The van der Waals surface area contributed by atoms with Crippen molar-refractivity contribution < 1.29 is 5.11 Å².